The Hall–Kier alpha value is -1.71. The molecule has 0 aromatic heterocycles. The van der Waals surface area contributed by atoms with Crippen LogP contribution in [0.1, 0.15) is 18.5 Å². The minimum atomic E-state index is -0.0205. The molecule has 0 saturated heterocycles. The highest BCUT2D eigenvalue weighted by Gasteiger charge is 2.10. The van der Waals surface area contributed by atoms with Crippen LogP contribution in [0.15, 0.2) is 42.5 Å². The Morgan fingerprint density at radius 2 is 1.80 bits per heavy atom. The van der Waals surface area contributed by atoms with Gasteiger partial charge in [-0.1, -0.05) is 17.7 Å². The van der Waals surface area contributed by atoms with Gasteiger partial charge in [0.25, 0.3) is 0 Å². The maximum Gasteiger partial charge on any atom is 0.119 e. The third-order valence-corrected chi connectivity index (χ3v) is 3.62. The molecule has 0 radical (unpaired) electrons. The first-order chi connectivity index (χ1) is 9.52. The van der Waals surface area contributed by atoms with Crippen molar-refractivity contribution in [3.8, 4) is 5.75 Å². The average Bonchev–Trinajstić information content (AvgIpc) is 2.46. The van der Waals surface area contributed by atoms with E-state index in [9.17, 15) is 0 Å². The second kappa shape index (κ2) is 6.16. The third-order valence-electron chi connectivity index (χ3n) is 3.32. The lowest BCUT2D eigenvalue weighted by molar-refractivity contribution is 0.415. The van der Waals surface area contributed by atoms with E-state index in [4.69, 9.17) is 22.1 Å². The van der Waals surface area contributed by atoms with Gasteiger partial charge >= 0.3 is 0 Å². The highest BCUT2D eigenvalue weighted by atomic mass is 35.5. The normalized spacial score (nSPS) is 12.1. The first-order valence-corrected chi connectivity index (χ1v) is 6.83. The van der Waals surface area contributed by atoms with Crippen molar-refractivity contribution in [3.63, 3.8) is 0 Å². The van der Waals surface area contributed by atoms with Crippen LogP contribution in [0.5, 0.6) is 5.75 Å². The van der Waals surface area contributed by atoms with Gasteiger partial charge in [-0.2, -0.15) is 0 Å². The standard InChI is InChI=1S/C16H19ClN2O/c1-11(18)12-4-9-16(15(17)10-12)19(2)13-5-7-14(20-3)8-6-13/h4-11H,18H2,1-3H3. The molecule has 1 atom stereocenters. The van der Waals surface area contributed by atoms with Crippen molar-refractivity contribution in [1.29, 1.82) is 0 Å². The van der Waals surface area contributed by atoms with Crippen LogP contribution in [0.25, 0.3) is 0 Å². The molecule has 0 amide bonds. The summed E-state index contributed by atoms with van der Waals surface area (Å²) >= 11 is 6.35. The summed E-state index contributed by atoms with van der Waals surface area (Å²) in [4.78, 5) is 2.03. The molecule has 2 rings (SSSR count). The molecule has 4 heteroatoms. The predicted molar refractivity (Wildman–Crippen MR) is 85.1 cm³/mol. The van der Waals surface area contributed by atoms with Crippen LogP contribution in [0.2, 0.25) is 5.02 Å². The van der Waals surface area contributed by atoms with E-state index in [0.717, 1.165) is 22.7 Å². The number of ether oxygens (including phenoxy) is 1. The monoisotopic (exact) mass is 290 g/mol. The van der Waals surface area contributed by atoms with Crippen LogP contribution in [0.3, 0.4) is 0 Å². The van der Waals surface area contributed by atoms with E-state index in [0.29, 0.717) is 5.02 Å². The topological polar surface area (TPSA) is 38.5 Å². The lowest BCUT2D eigenvalue weighted by Gasteiger charge is -2.22. The summed E-state index contributed by atoms with van der Waals surface area (Å²) in [5, 5.41) is 0.693. The van der Waals surface area contributed by atoms with E-state index >= 15 is 0 Å². The second-order valence-electron chi connectivity index (χ2n) is 4.76. The average molecular weight is 291 g/mol. The van der Waals surface area contributed by atoms with Crippen molar-refractivity contribution in [2.45, 2.75) is 13.0 Å². The van der Waals surface area contributed by atoms with E-state index < -0.39 is 0 Å². The van der Waals surface area contributed by atoms with Crippen molar-refractivity contribution in [2.75, 3.05) is 19.1 Å². The van der Waals surface area contributed by atoms with Crippen molar-refractivity contribution in [2.24, 2.45) is 5.73 Å². The van der Waals surface area contributed by atoms with Crippen molar-refractivity contribution in [3.05, 3.63) is 53.1 Å². The first-order valence-electron chi connectivity index (χ1n) is 6.45. The molecule has 0 aliphatic carbocycles. The summed E-state index contributed by atoms with van der Waals surface area (Å²) in [5.74, 6) is 0.834. The van der Waals surface area contributed by atoms with Crippen LogP contribution in [0, 0.1) is 0 Å². The van der Waals surface area contributed by atoms with Crippen LogP contribution >= 0.6 is 11.6 Å². The van der Waals surface area contributed by atoms with Crippen LogP contribution < -0.4 is 15.4 Å². The van der Waals surface area contributed by atoms with E-state index in [1.165, 1.54) is 0 Å². The van der Waals surface area contributed by atoms with Crippen molar-refractivity contribution >= 4 is 23.0 Å². The van der Waals surface area contributed by atoms with Gasteiger partial charge in [-0.05, 0) is 48.9 Å². The molecule has 0 aliphatic rings. The molecule has 1 unspecified atom stereocenters. The van der Waals surface area contributed by atoms with Gasteiger partial charge in [-0.25, -0.2) is 0 Å². The van der Waals surface area contributed by atoms with Crippen LogP contribution in [0.4, 0.5) is 11.4 Å². The molecule has 3 nitrogen and oxygen atoms in total. The maximum absolute atomic E-state index is 6.35. The van der Waals surface area contributed by atoms with Gasteiger partial charge in [0, 0.05) is 18.8 Å². The molecule has 0 heterocycles. The molecule has 2 aromatic carbocycles. The SMILES string of the molecule is COc1ccc(N(C)c2ccc(C(C)N)cc2Cl)cc1. The largest absolute Gasteiger partial charge is 0.497 e. The number of hydrogen-bond acceptors (Lipinski definition) is 3. The molecular weight excluding hydrogens is 272 g/mol. The van der Waals surface area contributed by atoms with Crippen LogP contribution in [-0.4, -0.2) is 14.2 Å². The zero-order chi connectivity index (χ0) is 14.7. The zero-order valence-corrected chi connectivity index (χ0v) is 12.7. The minimum absolute atomic E-state index is 0.0205. The molecule has 0 spiro atoms. The fourth-order valence-corrected chi connectivity index (χ4v) is 2.34. The Balaban J connectivity index is 2.30. The van der Waals surface area contributed by atoms with Gasteiger partial charge in [-0.3, -0.25) is 0 Å². The van der Waals surface area contributed by atoms with Gasteiger partial charge in [0.05, 0.1) is 17.8 Å². The lowest BCUT2D eigenvalue weighted by Crippen LogP contribution is -2.11. The molecule has 0 saturated carbocycles. The number of rotatable bonds is 4. The fourth-order valence-electron chi connectivity index (χ4n) is 2.02. The number of nitrogens with zero attached hydrogens (tertiary/aromatic N) is 1. The van der Waals surface area contributed by atoms with E-state index in [1.54, 1.807) is 7.11 Å². The molecular formula is C16H19ClN2O. The van der Waals surface area contributed by atoms with Gasteiger partial charge in [0.1, 0.15) is 5.75 Å². The van der Waals surface area contributed by atoms with E-state index in [-0.39, 0.29) is 6.04 Å². The summed E-state index contributed by atoms with van der Waals surface area (Å²) in [6.45, 7) is 1.94. The second-order valence-corrected chi connectivity index (χ2v) is 5.16. The molecule has 2 N–H and O–H groups in total. The first kappa shape index (κ1) is 14.7. The summed E-state index contributed by atoms with van der Waals surface area (Å²) in [5.41, 5.74) is 8.88. The summed E-state index contributed by atoms with van der Waals surface area (Å²) in [7, 11) is 3.64. The Labute approximate surface area is 124 Å². The van der Waals surface area contributed by atoms with Gasteiger partial charge in [0.15, 0.2) is 0 Å². The van der Waals surface area contributed by atoms with Crippen LogP contribution in [-0.2, 0) is 0 Å². The highest BCUT2D eigenvalue weighted by molar-refractivity contribution is 6.33. The van der Waals surface area contributed by atoms with Crippen molar-refractivity contribution < 1.29 is 4.74 Å². The summed E-state index contributed by atoms with van der Waals surface area (Å²) < 4.78 is 5.16. The molecule has 0 fully saturated rings. The third kappa shape index (κ3) is 3.06. The Morgan fingerprint density at radius 3 is 2.30 bits per heavy atom. The Morgan fingerprint density at radius 1 is 1.15 bits per heavy atom. The summed E-state index contributed by atoms with van der Waals surface area (Å²) in [6.07, 6.45) is 0. The molecule has 20 heavy (non-hydrogen) atoms. The molecule has 2 aromatic rings. The smallest absolute Gasteiger partial charge is 0.119 e. The molecule has 0 aliphatic heterocycles. The Bertz CT molecular complexity index is 582. The quantitative estimate of drug-likeness (QED) is 0.920. The van der Waals surface area contributed by atoms with Gasteiger partial charge < -0.3 is 15.4 Å². The number of benzene rings is 2. The van der Waals surface area contributed by atoms with Gasteiger partial charge in [0.2, 0.25) is 0 Å². The molecule has 106 valence electrons. The minimum Gasteiger partial charge on any atom is -0.497 e. The summed E-state index contributed by atoms with van der Waals surface area (Å²) in [6, 6.07) is 13.7. The predicted octanol–water partition coefficient (Wildman–Crippen LogP) is 4.14. The number of nitrogens with two attached hydrogens (primary N) is 1. The zero-order valence-electron chi connectivity index (χ0n) is 11.9. The molecule has 0 bridgehead atoms. The number of methoxy groups -OCH3 is 1. The van der Waals surface area contributed by atoms with Gasteiger partial charge in [-0.15, -0.1) is 0 Å². The number of hydrogen-bond donors (Lipinski definition) is 1. The Kier molecular flexibility index (Phi) is 4.53. The number of halogens is 1. The van der Waals surface area contributed by atoms with E-state index in [2.05, 4.69) is 0 Å². The fraction of sp³-hybridized carbons (Fsp3) is 0.250. The lowest BCUT2D eigenvalue weighted by atomic mass is 10.1. The maximum atomic E-state index is 6.35. The highest BCUT2D eigenvalue weighted by Crippen LogP contribution is 2.32. The van der Waals surface area contributed by atoms with E-state index in [1.807, 2.05) is 61.3 Å². The van der Waals surface area contributed by atoms with Crippen molar-refractivity contribution in [1.82, 2.24) is 0 Å². The number of anilines is 2.